The summed E-state index contributed by atoms with van der Waals surface area (Å²) in [6.45, 7) is 12.8. The summed E-state index contributed by atoms with van der Waals surface area (Å²) in [6, 6.07) is 8.49. The number of nitrogens with zero attached hydrogens (tertiary/aromatic N) is 4. The monoisotopic (exact) mass is 422 g/mol. The number of aromatic nitrogens is 2. The SMILES string of the molecule is C=CCNc1cc(N2CCN(Cc3cc4cc(F)ccc4o3)CC2)nc(NCC=C)n1. The number of nitrogens with one attached hydrogen (secondary N) is 2. The summed E-state index contributed by atoms with van der Waals surface area (Å²) in [6.07, 6.45) is 3.57. The molecule has 4 rings (SSSR count). The molecular weight excluding hydrogens is 395 g/mol. The van der Waals surface area contributed by atoms with E-state index in [4.69, 9.17) is 4.42 Å². The summed E-state index contributed by atoms with van der Waals surface area (Å²) in [5.74, 6) is 2.81. The lowest BCUT2D eigenvalue weighted by Gasteiger charge is -2.35. The van der Waals surface area contributed by atoms with Crippen molar-refractivity contribution in [3.8, 4) is 0 Å². The van der Waals surface area contributed by atoms with Gasteiger partial charge in [0.15, 0.2) is 0 Å². The maximum atomic E-state index is 13.4. The van der Waals surface area contributed by atoms with Crippen molar-refractivity contribution in [3.05, 3.63) is 67.2 Å². The van der Waals surface area contributed by atoms with Crippen molar-refractivity contribution in [2.45, 2.75) is 6.54 Å². The highest BCUT2D eigenvalue weighted by atomic mass is 19.1. The van der Waals surface area contributed by atoms with Gasteiger partial charge >= 0.3 is 0 Å². The van der Waals surface area contributed by atoms with Gasteiger partial charge in [0.25, 0.3) is 0 Å². The molecule has 0 spiro atoms. The first-order valence-corrected chi connectivity index (χ1v) is 10.4. The van der Waals surface area contributed by atoms with E-state index in [9.17, 15) is 4.39 Å². The molecule has 0 bridgehead atoms. The van der Waals surface area contributed by atoms with Crippen LogP contribution in [0.5, 0.6) is 0 Å². The summed E-state index contributed by atoms with van der Waals surface area (Å²) in [5, 5.41) is 7.20. The molecule has 3 aromatic rings. The Morgan fingerprint density at radius 2 is 1.77 bits per heavy atom. The number of fused-ring (bicyclic) bond motifs is 1. The smallest absolute Gasteiger partial charge is 0.226 e. The Bertz CT molecular complexity index is 1030. The van der Waals surface area contributed by atoms with E-state index >= 15 is 0 Å². The van der Waals surface area contributed by atoms with Crippen LogP contribution in [0.1, 0.15) is 5.76 Å². The van der Waals surface area contributed by atoms with Crippen LogP contribution in [-0.4, -0.2) is 54.1 Å². The third kappa shape index (κ3) is 5.21. The second-order valence-electron chi connectivity index (χ2n) is 7.43. The largest absolute Gasteiger partial charge is 0.460 e. The van der Waals surface area contributed by atoms with Gasteiger partial charge in [-0.05, 0) is 24.3 Å². The highest BCUT2D eigenvalue weighted by Crippen LogP contribution is 2.23. The Morgan fingerprint density at radius 3 is 2.55 bits per heavy atom. The van der Waals surface area contributed by atoms with Gasteiger partial charge < -0.3 is 20.0 Å². The van der Waals surface area contributed by atoms with Crippen LogP contribution in [0, 0.1) is 5.82 Å². The van der Waals surface area contributed by atoms with Gasteiger partial charge in [-0.25, -0.2) is 4.39 Å². The average Bonchev–Trinajstić information content (AvgIpc) is 3.18. The van der Waals surface area contributed by atoms with Gasteiger partial charge in [-0.2, -0.15) is 9.97 Å². The minimum Gasteiger partial charge on any atom is -0.460 e. The minimum atomic E-state index is -0.248. The van der Waals surface area contributed by atoms with Crippen LogP contribution < -0.4 is 15.5 Å². The van der Waals surface area contributed by atoms with E-state index < -0.39 is 0 Å². The zero-order chi connectivity index (χ0) is 21.6. The molecule has 1 aliphatic rings. The molecule has 7 nitrogen and oxygen atoms in total. The van der Waals surface area contributed by atoms with Crippen LogP contribution in [0.25, 0.3) is 11.0 Å². The standard InChI is InChI=1S/C23H27FN6O/c1-3-7-25-21-15-22(28-23(27-21)26-8-4-2)30-11-9-29(10-12-30)16-19-14-17-13-18(24)5-6-20(17)31-19/h3-6,13-15H,1-2,7-12,16H2,(H2,25,26,27,28). The molecule has 0 unspecified atom stereocenters. The first kappa shape index (κ1) is 20.9. The maximum absolute atomic E-state index is 13.4. The number of anilines is 3. The summed E-state index contributed by atoms with van der Waals surface area (Å²) >= 11 is 0. The van der Waals surface area contributed by atoms with Crippen molar-refractivity contribution in [1.82, 2.24) is 14.9 Å². The predicted molar refractivity (Wildman–Crippen MR) is 123 cm³/mol. The second-order valence-corrected chi connectivity index (χ2v) is 7.43. The van der Waals surface area contributed by atoms with E-state index in [2.05, 4.69) is 43.6 Å². The van der Waals surface area contributed by atoms with E-state index in [1.165, 1.54) is 12.1 Å². The number of piperazine rings is 1. The van der Waals surface area contributed by atoms with Gasteiger partial charge in [-0.1, -0.05) is 12.2 Å². The number of furan rings is 1. The highest BCUT2D eigenvalue weighted by Gasteiger charge is 2.20. The third-order valence-electron chi connectivity index (χ3n) is 5.15. The zero-order valence-corrected chi connectivity index (χ0v) is 17.5. The van der Waals surface area contributed by atoms with Crippen LogP contribution in [0.15, 0.2) is 60.1 Å². The number of hydrogen-bond donors (Lipinski definition) is 2. The number of hydrogen-bond acceptors (Lipinski definition) is 7. The van der Waals surface area contributed by atoms with Gasteiger partial charge in [0, 0.05) is 50.7 Å². The molecule has 2 N–H and O–H groups in total. The van der Waals surface area contributed by atoms with Crippen molar-refractivity contribution in [2.24, 2.45) is 0 Å². The van der Waals surface area contributed by atoms with E-state index in [-0.39, 0.29) is 5.82 Å². The lowest BCUT2D eigenvalue weighted by Crippen LogP contribution is -2.46. The lowest BCUT2D eigenvalue weighted by atomic mass is 10.2. The fourth-order valence-corrected chi connectivity index (χ4v) is 3.61. The Balaban J connectivity index is 1.40. The summed E-state index contributed by atoms with van der Waals surface area (Å²) in [5.41, 5.74) is 0.718. The first-order valence-electron chi connectivity index (χ1n) is 10.4. The quantitative estimate of drug-likeness (QED) is 0.507. The van der Waals surface area contributed by atoms with Gasteiger partial charge in [-0.3, -0.25) is 4.90 Å². The molecule has 162 valence electrons. The van der Waals surface area contributed by atoms with E-state index in [1.54, 1.807) is 18.2 Å². The van der Waals surface area contributed by atoms with Crippen LogP contribution in [0.3, 0.4) is 0 Å². The number of benzene rings is 1. The fraction of sp³-hybridized carbons (Fsp3) is 0.304. The first-order chi connectivity index (χ1) is 15.1. The van der Waals surface area contributed by atoms with Crippen molar-refractivity contribution < 1.29 is 8.81 Å². The highest BCUT2D eigenvalue weighted by molar-refractivity contribution is 5.77. The molecule has 0 atom stereocenters. The predicted octanol–water partition coefficient (Wildman–Crippen LogP) is 3.88. The maximum Gasteiger partial charge on any atom is 0.226 e. The Morgan fingerprint density at radius 1 is 1.00 bits per heavy atom. The van der Waals surface area contributed by atoms with Crippen LogP contribution in [-0.2, 0) is 6.54 Å². The minimum absolute atomic E-state index is 0.248. The van der Waals surface area contributed by atoms with E-state index in [0.29, 0.717) is 25.6 Å². The van der Waals surface area contributed by atoms with Crippen LogP contribution in [0.4, 0.5) is 22.0 Å². The van der Waals surface area contributed by atoms with Crippen molar-refractivity contribution in [3.63, 3.8) is 0 Å². The molecule has 2 aromatic heterocycles. The normalized spacial score (nSPS) is 14.5. The lowest BCUT2D eigenvalue weighted by molar-refractivity contribution is 0.232. The van der Waals surface area contributed by atoms with Gasteiger partial charge in [0.1, 0.15) is 28.8 Å². The second kappa shape index (κ2) is 9.61. The molecule has 0 saturated carbocycles. The molecule has 31 heavy (non-hydrogen) atoms. The zero-order valence-electron chi connectivity index (χ0n) is 17.5. The number of rotatable bonds is 9. The molecular formula is C23H27FN6O. The summed E-state index contributed by atoms with van der Waals surface area (Å²) in [4.78, 5) is 13.7. The molecule has 1 saturated heterocycles. The average molecular weight is 423 g/mol. The van der Waals surface area contributed by atoms with Crippen molar-refractivity contribution in [1.29, 1.82) is 0 Å². The molecule has 1 aliphatic heterocycles. The van der Waals surface area contributed by atoms with E-state index in [0.717, 1.165) is 54.5 Å². The summed E-state index contributed by atoms with van der Waals surface area (Å²) < 4.78 is 19.3. The molecule has 8 heteroatoms. The molecule has 1 fully saturated rings. The third-order valence-corrected chi connectivity index (χ3v) is 5.15. The molecule has 3 heterocycles. The van der Waals surface area contributed by atoms with Gasteiger partial charge in [-0.15, -0.1) is 13.2 Å². The van der Waals surface area contributed by atoms with Crippen LogP contribution in [0.2, 0.25) is 0 Å². The molecule has 0 radical (unpaired) electrons. The molecule has 0 aliphatic carbocycles. The van der Waals surface area contributed by atoms with Gasteiger partial charge in [0.2, 0.25) is 5.95 Å². The molecule has 1 aromatic carbocycles. The topological polar surface area (TPSA) is 69.5 Å². The Hall–Kier alpha value is -3.39. The molecule has 0 amide bonds. The Labute approximate surface area is 181 Å². The van der Waals surface area contributed by atoms with Crippen LogP contribution >= 0.6 is 0 Å². The van der Waals surface area contributed by atoms with Gasteiger partial charge in [0.05, 0.1) is 6.54 Å². The summed E-state index contributed by atoms with van der Waals surface area (Å²) in [7, 11) is 0. The fourth-order valence-electron chi connectivity index (χ4n) is 3.61. The van der Waals surface area contributed by atoms with Crippen molar-refractivity contribution in [2.75, 3.05) is 54.8 Å². The Kier molecular flexibility index (Phi) is 6.47. The van der Waals surface area contributed by atoms with Crippen molar-refractivity contribution >= 4 is 28.6 Å². The van der Waals surface area contributed by atoms with E-state index in [1.807, 2.05) is 12.1 Å². The number of halogens is 1.